The topological polar surface area (TPSA) is 30.5 Å². The van der Waals surface area contributed by atoms with Gasteiger partial charge in [-0.15, -0.1) is 11.3 Å². The van der Waals surface area contributed by atoms with Crippen molar-refractivity contribution in [3.8, 4) is 11.5 Å². The highest BCUT2D eigenvalue weighted by Gasteiger charge is 2.17. The molecule has 2 rings (SSSR count). The number of ether oxygens (including phenoxy) is 2. The molecule has 0 saturated carbocycles. The number of hydrogen-bond acceptors (Lipinski definition) is 4. The van der Waals surface area contributed by atoms with Crippen LogP contribution in [0.1, 0.15) is 29.8 Å². The minimum absolute atomic E-state index is 0.116. The SMILES string of the molecule is CCCNC(c1ccc(Cl)c(OC)c1)c1cc(OC)cs1. The van der Waals surface area contributed by atoms with E-state index in [4.69, 9.17) is 21.1 Å². The van der Waals surface area contributed by atoms with E-state index in [9.17, 15) is 0 Å². The molecular weight excluding hydrogens is 306 g/mol. The molecule has 21 heavy (non-hydrogen) atoms. The van der Waals surface area contributed by atoms with Gasteiger partial charge in [-0.05, 0) is 36.7 Å². The smallest absolute Gasteiger partial charge is 0.137 e. The van der Waals surface area contributed by atoms with Crippen LogP contribution < -0.4 is 14.8 Å². The van der Waals surface area contributed by atoms with Crippen LogP contribution in [-0.2, 0) is 0 Å². The lowest BCUT2D eigenvalue weighted by atomic mass is 10.0. The van der Waals surface area contributed by atoms with Gasteiger partial charge in [-0.1, -0.05) is 24.6 Å². The fourth-order valence-corrected chi connectivity index (χ4v) is 3.27. The first-order chi connectivity index (χ1) is 10.2. The summed E-state index contributed by atoms with van der Waals surface area (Å²) in [7, 11) is 3.32. The molecule has 5 heteroatoms. The number of hydrogen-bond donors (Lipinski definition) is 1. The van der Waals surface area contributed by atoms with Gasteiger partial charge in [0.15, 0.2) is 0 Å². The molecule has 0 aliphatic heterocycles. The third kappa shape index (κ3) is 3.90. The zero-order chi connectivity index (χ0) is 15.2. The Balaban J connectivity index is 2.34. The van der Waals surface area contributed by atoms with Crippen LogP contribution >= 0.6 is 22.9 Å². The predicted molar refractivity (Wildman–Crippen MR) is 89.0 cm³/mol. The average Bonchev–Trinajstić information content (AvgIpc) is 2.98. The molecule has 0 aliphatic rings. The summed E-state index contributed by atoms with van der Waals surface area (Å²) in [6.45, 7) is 3.09. The van der Waals surface area contributed by atoms with Crippen molar-refractivity contribution >= 4 is 22.9 Å². The van der Waals surface area contributed by atoms with Crippen molar-refractivity contribution in [2.45, 2.75) is 19.4 Å². The van der Waals surface area contributed by atoms with Crippen LogP contribution in [0.2, 0.25) is 5.02 Å². The molecule has 1 heterocycles. The summed E-state index contributed by atoms with van der Waals surface area (Å²) in [6, 6.07) is 8.08. The van der Waals surface area contributed by atoms with E-state index in [0.717, 1.165) is 24.3 Å². The van der Waals surface area contributed by atoms with Gasteiger partial charge >= 0.3 is 0 Å². The standard InChI is InChI=1S/C16H20ClNO2S/c1-4-7-18-16(15-9-12(19-2)10-21-15)11-5-6-13(17)14(8-11)20-3/h5-6,8-10,16,18H,4,7H2,1-3H3. The molecule has 0 fully saturated rings. The van der Waals surface area contributed by atoms with E-state index in [1.54, 1.807) is 25.6 Å². The second-order valence-corrected chi connectivity index (χ2v) is 6.02. The van der Waals surface area contributed by atoms with Crippen molar-refractivity contribution in [1.82, 2.24) is 5.32 Å². The van der Waals surface area contributed by atoms with Crippen LogP contribution in [0, 0.1) is 0 Å². The molecule has 0 bridgehead atoms. The highest BCUT2D eigenvalue weighted by atomic mass is 35.5. The van der Waals surface area contributed by atoms with Gasteiger partial charge in [-0.3, -0.25) is 0 Å². The summed E-state index contributed by atoms with van der Waals surface area (Å²) >= 11 is 7.80. The molecule has 1 aromatic heterocycles. The molecule has 0 aliphatic carbocycles. The van der Waals surface area contributed by atoms with Crippen molar-refractivity contribution in [2.24, 2.45) is 0 Å². The molecule has 2 aromatic rings. The molecule has 0 spiro atoms. The molecule has 114 valence electrons. The van der Waals surface area contributed by atoms with E-state index >= 15 is 0 Å². The van der Waals surface area contributed by atoms with Gasteiger partial charge in [0.05, 0.1) is 25.3 Å². The third-order valence-electron chi connectivity index (χ3n) is 3.22. The molecule has 0 saturated heterocycles. The summed E-state index contributed by atoms with van der Waals surface area (Å²) in [5.41, 5.74) is 1.13. The second kappa shape index (κ2) is 7.69. The summed E-state index contributed by atoms with van der Waals surface area (Å²) in [4.78, 5) is 1.21. The predicted octanol–water partition coefficient (Wildman–Crippen LogP) is 4.51. The zero-order valence-corrected chi connectivity index (χ0v) is 14.1. The van der Waals surface area contributed by atoms with Crippen molar-refractivity contribution in [3.05, 3.63) is 45.1 Å². The van der Waals surface area contributed by atoms with Crippen LogP contribution in [0.4, 0.5) is 0 Å². The largest absolute Gasteiger partial charge is 0.496 e. The molecule has 3 nitrogen and oxygen atoms in total. The number of benzene rings is 1. The molecule has 0 amide bonds. The summed E-state index contributed by atoms with van der Waals surface area (Å²) in [5.74, 6) is 1.58. The molecule has 0 radical (unpaired) electrons. The summed E-state index contributed by atoms with van der Waals surface area (Å²) < 4.78 is 10.6. The van der Waals surface area contributed by atoms with E-state index in [1.165, 1.54) is 4.88 Å². The highest BCUT2D eigenvalue weighted by Crippen LogP contribution is 2.34. The van der Waals surface area contributed by atoms with Crippen molar-refractivity contribution in [2.75, 3.05) is 20.8 Å². The first-order valence-electron chi connectivity index (χ1n) is 6.88. The normalized spacial score (nSPS) is 12.2. The van der Waals surface area contributed by atoms with Gasteiger partial charge in [0.2, 0.25) is 0 Å². The van der Waals surface area contributed by atoms with Crippen LogP contribution in [0.5, 0.6) is 11.5 Å². The van der Waals surface area contributed by atoms with E-state index in [0.29, 0.717) is 10.8 Å². The number of thiophene rings is 1. The Labute approximate surface area is 134 Å². The fraction of sp³-hybridized carbons (Fsp3) is 0.375. The lowest BCUT2D eigenvalue weighted by Crippen LogP contribution is -2.22. The lowest BCUT2D eigenvalue weighted by Gasteiger charge is -2.18. The maximum absolute atomic E-state index is 6.12. The Bertz CT molecular complexity index is 585. The first kappa shape index (κ1) is 16.1. The molecular formula is C16H20ClNO2S. The van der Waals surface area contributed by atoms with Gasteiger partial charge in [-0.25, -0.2) is 0 Å². The minimum Gasteiger partial charge on any atom is -0.496 e. The maximum Gasteiger partial charge on any atom is 0.137 e. The van der Waals surface area contributed by atoms with E-state index in [2.05, 4.69) is 18.3 Å². The van der Waals surface area contributed by atoms with Gasteiger partial charge < -0.3 is 14.8 Å². The molecule has 1 atom stereocenters. The summed E-state index contributed by atoms with van der Waals surface area (Å²) in [6.07, 6.45) is 1.07. The Hall–Kier alpha value is -1.23. The Morgan fingerprint density at radius 3 is 2.67 bits per heavy atom. The monoisotopic (exact) mass is 325 g/mol. The van der Waals surface area contributed by atoms with Crippen molar-refractivity contribution in [1.29, 1.82) is 0 Å². The van der Waals surface area contributed by atoms with Crippen LogP contribution in [0.15, 0.2) is 29.6 Å². The number of halogens is 1. The second-order valence-electron chi connectivity index (χ2n) is 4.67. The van der Waals surface area contributed by atoms with E-state index < -0.39 is 0 Å². The van der Waals surface area contributed by atoms with Gasteiger partial charge in [0.25, 0.3) is 0 Å². The first-order valence-corrected chi connectivity index (χ1v) is 8.14. The average molecular weight is 326 g/mol. The molecule has 1 N–H and O–H groups in total. The van der Waals surface area contributed by atoms with Gasteiger partial charge in [-0.2, -0.15) is 0 Å². The zero-order valence-electron chi connectivity index (χ0n) is 12.5. The van der Waals surface area contributed by atoms with Crippen LogP contribution in [0.25, 0.3) is 0 Å². The Kier molecular flexibility index (Phi) is 5.91. The van der Waals surface area contributed by atoms with Crippen LogP contribution in [0.3, 0.4) is 0 Å². The summed E-state index contributed by atoms with van der Waals surface area (Å²) in [5, 5.41) is 6.21. The quantitative estimate of drug-likeness (QED) is 0.812. The van der Waals surface area contributed by atoms with E-state index in [-0.39, 0.29) is 6.04 Å². The highest BCUT2D eigenvalue weighted by molar-refractivity contribution is 7.10. The number of nitrogens with one attached hydrogen (secondary N) is 1. The lowest BCUT2D eigenvalue weighted by molar-refractivity contribution is 0.413. The maximum atomic E-state index is 6.12. The Morgan fingerprint density at radius 2 is 2.05 bits per heavy atom. The molecule has 1 unspecified atom stereocenters. The van der Waals surface area contributed by atoms with Crippen LogP contribution in [-0.4, -0.2) is 20.8 Å². The third-order valence-corrected chi connectivity index (χ3v) is 4.51. The number of methoxy groups -OCH3 is 2. The van der Waals surface area contributed by atoms with Crippen molar-refractivity contribution in [3.63, 3.8) is 0 Å². The number of rotatable bonds is 7. The Morgan fingerprint density at radius 1 is 1.24 bits per heavy atom. The minimum atomic E-state index is 0.116. The molecule has 1 aromatic carbocycles. The van der Waals surface area contributed by atoms with Gasteiger partial charge in [0, 0.05) is 10.3 Å². The van der Waals surface area contributed by atoms with Crippen molar-refractivity contribution < 1.29 is 9.47 Å². The fourth-order valence-electron chi connectivity index (χ4n) is 2.12. The van der Waals surface area contributed by atoms with Gasteiger partial charge in [0.1, 0.15) is 11.5 Å². The van der Waals surface area contributed by atoms with E-state index in [1.807, 2.05) is 23.6 Å².